The van der Waals surface area contributed by atoms with Crippen LogP contribution in [0.3, 0.4) is 0 Å². The largest absolute Gasteiger partial charge is 0.455 e. The van der Waals surface area contributed by atoms with Crippen LogP contribution in [0.4, 0.5) is 0 Å². The molecule has 5 rings (SSSR count). The first-order chi connectivity index (χ1) is 15.6. The van der Waals surface area contributed by atoms with Crippen LogP contribution >= 0.6 is 0 Å². The third-order valence-electron chi connectivity index (χ3n) is 7.24. The summed E-state index contributed by atoms with van der Waals surface area (Å²) in [4.78, 5) is 0. The summed E-state index contributed by atoms with van der Waals surface area (Å²) >= 11 is 0. The lowest BCUT2D eigenvalue weighted by molar-refractivity contribution is -0.633. The number of hydrogen-bond donors (Lipinski definition) is 0. The fourth-order valence-electron chi connectivity index (χ4n) is 5.12. The van der Waals surface area contributed by atoms with E-state index in [1.807, 2.05) is 0 Å². The predicted molar refractivity (Wildman–Crippen MR) is 144 cm³/mol. The van der Waals surface area contributed by atoms with Crippen LogP contribution in [0.5, 0.6) is 0 Å². The van der Waals surface area contributed by atoms with Crippen LogP contribution in [-0.4, -0.2) is 8.07 Å². The molecule has 2 heterocycles. The van der Waals surface area contributed by atoms with Crippen LogP contribution < -0.4 is 9.75 Å². The van der Waals surface area contributed by atoms with Gasteiger partial charge in [-0.15, -0.1) is 0 Å². The number of furan rings is 1. The molecule has 0 radical (unpaired) electrons. The summed E-state index contributed by atoms with van der Waals surface area (Å²) in [6, 6.07) is 20.3. The van der Waals surface area contributed by atoms with Crippen LogP contribution in [0, 0.1) is 13.8 Å². The molecule has 2 aromatic heterocycles. The van der Waals surface area contributed by atoms with Gasteiger partial charge in [0.05, 0.1) is 13.6 Å². The molecule has 0 aliphatic carbocycles. The van der Waals surface area contributed by atoms with Crippen molar-refractivity contribution in [1.29, 1.82) is 0 Å². The van der Waals surface area contributed by atoms with Gasteiger partial charge in [0.25, 0.3) is 0 Å². The summed E-state index contributed by atoms with van der Waals surface area (Å²) in [5, 5.41) is 5.28. The second kappa shape index (κ2) is 7.56. The molecular formula is C30H34NOSi+. The van der Waals surface area contributed by atoms with E-state index in [0.29, 0.717) is 5.92 Å². The number of benzene rings is 3. The first-order valence-electron chi connectivity index (χ1n) is 12.0. The molecule has 0 unspecified atom stereocenters. The van der Waals surface area contributed by atoms with Crippen molar-refractivity contribution >= 4 is 46.1 Å². The second-order valence-corrected chi connectivity index (χ2v) is 15.9. The van der Waals surface area contributed by atoms with E-state index in [0.717, 1.165) is 11.2 Å². The zero-order chi connectivity index (χ0) is 23.7. The van der Waals surface area contributed by atoms with Gasteiger partial charge in [-0.3, -0.25) is 0 Å². The quantitative estimate of drug-likeness (QED) is 0.204. The number of nitrogens with zero attached hydrogens (tertiary/aromatic N) is 1. The van der Waals surface area contributed by atoms with E-state index in [2.05, 4.69) is 114 Å². The lowest BCUT2D eigenvalue weighted by atomic mass is 9.95. The van der Waals surface area contributed by atoms with Crippen molar-refractivity contribution in [2.75, 3.05) is 0 Å². The van der Waals surface area contributed by atoms with Crippen molar-refractivity contribution in [2.45, 2.75) is 53.3 Å². The Balaban J connectivity index is 1.93. The minimum Gasteiger partial charge on any atom is -0.455 e. The van der Waals surface area contributed by atoms with Gasteiger partial charge < -0.3 is 4.42 Å². The summed E-state index contributed by atoms with van der Waals surface area (Å²) in [6.07, 6.45) is 0. The van der Waals surface area contributed by atoms with Gasteiger partial charge in [-0.25, -0.2) is 0 Å². The molecule has 168 valence electrons. The van der Waals surface area contributed by atoms with Crippen molar-refractivity contribution in [2.24, 2.45) is 7.05 Å². The maximum absolute atomic E-state index is 6.66. The van der Waals surface area contributed by atoms with Crippen LogP contribution in [0.1, 0.15) is 36.5 Å². The Hall–Kier alpha value is -2.91. The van der Waals surface area contributed by atoms with Gasteiger partial charge in [0.2, 0.25) is 11.2 Å². The van der Waals surface area contributed by atoms with E-state index in [4.69, 9.17) is 4.42 Å². The summed E-state index contributed by atoms with van der Waals surface area (Å²) in [5.41, 5.74) is 9.63. The number of pyridine rings is 1. The highest BCUT2D eigenvalue weighted by Crippen LogP contribution is 2.39. The van der Waals surface area contributed by atoms with E-state index in [1.54, 1.807) is 0 Å². The van der Waals surface area contributed by atoms with Crippen LogP contribution in [-0.2, 0) is 7.05 Å². The monoisotopic (exact) mass is 452 g/mol. The highest BCUT2D eigenvalue weighted by Gasteiger charge is 2.29. The fourth-order valence-corrected chi connectivity index (χ4v) is 6.71. The first-order valence-corrected chi connectivity index (χ1v) is 15.5. The standard InChI is InChI=1S/C30H34NOSi/c1-18(2)21-13-14-22-24-15-19(3)20(4)29(30(24)32-27(22)16-21)26-17-28(33(6,7)8)23-11-9-10-12-25(23)31(26)5/h9-18H,1-8H3/q+1. The predicted octanol–water partition coefficient (Wildman–Crippen LogP) is 7.52. The Morgan fingerprint density at radius 1 is 0.848 bits per heavy atom. The minimum atomic E-state index is -1.58. The van der Waals surface area contributed by atoms with Crippen molar-refractivity contribution in [3.8, 4) is 11.3 Å². The molecule has 0 atom stereocenters. The fraction of sp³-hybridized carbons (Fsp3) is 0.300. The molecule has 0 amide bonds. The van der Waals surface area contributed by atoms with E-state index in [-0.39, 0.29) is 0 Å². The Kier molecular flexibility index (Phi) is 5.02. The molecular weight excluding hydrogens is 418 g/mol. The Morgan fingerprint density at radius 2 is 1.58 bits per heavy atom. The number of aromatic nitrogens is 1. The lowest BCUT2D eigenvalue weighted by Crippen LogP contribution is -2.43. The molecule has 0 aliphatic heterocycles. The van der Waals surface area contributed by atoms with Crippen LogP contribution in [0.2, 0.25) is 19.6 Å². The number of aryl methyl sites for hydroxylation is 2. The minimum absolute atomic E-state index is 0.475. The molecule has 2 nitrogen and oxygen atoms in total. The van der Waals surface area contributed by atoms with Crippen LogP contribution in [0.25, 0.3) is 44.1 Å². The second-order valence-electron chi connectivity index (χ2n) is 10.9. The zero-order valence-electron chi connectivity index (χ0n) is 21.1. The van der Waals surface area contributed by atoms with Gasteiger partial charge in [-0.05, 0) is 59.8 Å². The third kappa shape index (κ3) is 3.41. The number of hydrogen-bond acceptors (Lipinski definition) is 1. The highest BCUT2D eigenvalue weighted by molar-refractivity contribution is 6.90. The normalized spacial score (nSPS) is 12.5. The van der Waals surface area contributed by atoms with E-state index in [9.17, 15) is 0 Å². The maximum atomic E-state index is 6.66. The summed E-state index contributed by atoms with van der Waals surface area (Å²) in [5.74, 6) is 0.475. The van der Waals surface area contributed by atoms with Crippen molar-refractivity contribution in [1.82, 2.24) is 0 Å². The molecule has 0 N–H and O–H groups in total. The maximum Gasteiger partial charge on any atom is 0.216 e. The summed E-state index contributed by atoms with van der Waals surface area (Å²) < 4.78 is 9.01. The van der Waals surface area contributed by atoms with E-state index >= 15 is 0 Å². The van der Waals surface area contributed by atoms with Crippen molar-refractivity contribution < 1.29 is 8.98 Å². The van der Waals surface area contributed by atoms with Crippen molar-refractivity contribution in [3.05, 3.63) is 71.3 Å². The molecule has 0 fully saturated rings. The van der Waals surface area contributed by atoms with Gasteiger partial charge in [0.1, 0.15) is 18.2 Å². The van der Waals surface area contributed by atoms with Crippen LogP contribution in [0.15, 0.2) is 59.0 Å². The van der Waals surface area contributed by atoms with Gasteiger partial charge in [-0.2, -0.15) is 4.57 Å². The Morgan fingerprint density at radius 3 is 2.27 bits per heavy atom. The molecule has 5 aromatic rings. The Bertz CT molecular complexity index is 1550. The smallest absolute Gasteiger partial charge is 0.216 e. The van der Waals surface area contributed by atoms with E-state index in [1.165, 1.54) is 54.8 Å². The molecule has 0 saturated carbocycles. The van der Waals surface area contributed by atoms with Gasteiger partial charge in [-0.1, -0.05) is 57.8 Å². The average Bonchev–Trinajstić information content (AvgIpc) is 3.12. The topological polar surface area (TPSA) is 17.0 Å². The molecule has 33 heavy (non-hydrogen) atoms. The highest BCUT2D eigenvalue weighted by atomic mass is 28.3. The van der Waals surface area contributed by atoms with Gasteiger partial charge in [0, 0.05) is 28.3 Å². The zero-order valence-corrected chi connectivity index (χ0v) is 22.1. The molecule has 0 aliphatic rings. The SMILES string of the molecule is Cc1cc2c(oc3cc(C(C)C)ccc32)c(-c2cc([Si](C)(C)C)c3ccccc3[n+]2C)c1C. The molecule has 0 spiro atoms. The first kappa shape index (κ1) is 21.9. The number of para-hydroxylation sites is 1. The Labute approximate surface area is 197 Å². The average molecular weight is 453 g/mol. The third-order valence-corrected chi connectivity index (χ3v) is 9.27. The summed E-state index contributed by atoms with van der Waals surface area (Å²) in [6.45, 7) is 16.2. The van der Waals surface area contributed by atoms with E-state index < -0.39 is 8.07 Å². The van der Waals surface area contributed by atoms with Crippen molar-refractivity contribution in [3.63, 3.8) is 0 Å². The molecule has 0 bridgehead atoms. The van der Waals surface area contributed by atoms with Gasteiger partial charge in [0.15, 0.2) is 0 Å². The summed E-state index contributed by atoms with van der Waals surface area (Å²) in [7, 11) is 0.614. The number of fused-ring (bicyclic) bond motifs is 4. The molecule has 0 saturated heterocycles. The number of rotatable bonds is 3. The molecule has 3 heteroatoms. The lowest BCUT2D eigenvalue weighted by Gasteiger charge is -2.20. The molecule has 3 aromatic carbocycles. The van der Waals surface area contributed by atoms with Gasteiger partial charge >= 0.3 is 0 Å².